The number of carbonyl (C=O) groups excluding carboxylic acids is 2. The van der Waals surface area contributed by atoms with Gasteiger partial charge >= 0.3 is 6.09 Å². The lowest BCUT2D eigenvalue weighted by Gasteiger charge is -2.18. The molecule has 8 N–H and O–H groups in total. The number of imidazole rings is 1. The second kappa shape index (κ2) is 16.0. The van der Waals surface area contributed by atoms with Crippen LogP contribution in [0.3, 0.4) is 0 Å². The summed E-state index contributed by atoms with van der Waals surface area (Å²) >= 11 is 12.8. The van der Waals surface area contributed by atoms with Crippen LogP contribution in [-0.2, 0) is 14.3 Å². The van der Waals surface area contributed by atoms with Gasteiger partial charge < -0.3 is 30.9 Å². The maximum absolute atomic E-state index is 13.1. The predicted octanol–water partition coefficient (Wildman–Crippen LogP) is 5.02. The second-order valence-electron chi connectivity index (χ2n) is 9.84. The Labute approximate surface area is 264 Å². The van der Waals surface area contributed by atoms with Gasteiger partial charge in [-0.05, 0) is 55.3 Å². The van der Waals surface area contributed by atoms with Crippen molar-refractivity contribution in [2.45, 2.75) is 31.7 Å². The summed E-state index contributed by atoms with van der Waals surface area (Å²) in [7, 11) is 1.53. The third-order valence-electron chi connectivity index (χ3n) is 6.72. The zero-order chi connectivity index (χ0) is 31.5. The molecule has 1 aliphatic rings. The highest BCUT2D eigenvalue weighted by Gasteiger charge is 2.22. The maximum atomic E-state index is 13.1. The van der Waals surface area contributed by atoms with Crippen LogP contribution in [0.4, 0.5) is 21.9 Å². The highest BCUT2D eigenvalue weighted by Crippen LogP contribution is 2.36. The van der Waals surface area contributed by atoms with Gasteiger partial charge in [-0.15, -0.1) is 0 Å². The number of anilines is 3. The van der Waals surface area contributed by atoms with Crippen molar-refractivity contribution in [1.82, 2.24) is 15.3 Å². The molecule has 4 rings (SSSR count). The minimum absolute atomic E-state index is 0.142. The summed E-state index contributed by atoms with van der Waals surface area (Å²) < 4.78 is 10.0. The summed E-state index contributed by atoms with van der Waals surface area (Å²) in [6.07, 6.45) is 6.96. The number of ether oxygens (including phenoxy) is 2. The fourth-order valence-corrected chi connectivity index (χ4v) is 5.04. The highest BCUT2D eigenvalue weighted by atomic mass is 35.5. The van der Waals surface area contributed by atoms with E-state index in [2.05, 4.69) is 26.0 Å². The van der Waals surface area contributed by atoms with Gasteiger partial charge in [0.1, 0.15) is 29.6 Å². The molecule has 1 atom stereocenters. The van der Waals surface area contributed by atoms with E-state index in [9.17, 15) is 9.59 Å². The quantitative estimate of drug-likeness (QED) is 0.0465. The Morgan fingerprint density at radius 1 is 1.18 bits per heavy atom. The molecule has 0 fully saturated rings. The molecule has 0 radical (unpaired) electrons. The van der Waals surface area contributed by atoms with Crippen LogP contribution in [0.15, 0.2) is 47.6 Å². The summed E-state index contributed by atoms with van der Waals surface area (Å²) in [5.74, 6) is 11.4. The van der Waals surface area contributed by atoms with Crippen molar-refractivity contribution in [3.05, 3.63) is 64.0 Å². The highest BCUT2D eigenvalue weighted by molar-refractivity contribution is 6.32. The average molecular weight is 645 g/mol. The van der Waals surface area contributed by atoms with Crippen molar-refractivity contribution < 1.29 is 19.1 Å². The molecule has 2 amide bonds. The van der Waals surface area contributed by atoms with Gasteiger partial charge in [-0.25, -0.2) is 15.6 Å². The number of aromatic nitrogens is 2. The standard InChI is InChI=1S/C29H35Cl2N9O4/c1-43-13-14-44-29(42)36-20-8-9-21-23(16-20)34-12-4-2-3-5-22(28-38-26(21)27(31)39-28)37-25(41)11-6-18-15-19(30)7-10-24(18)40(33)17-35-32/h6-11,15-17,22,34H,2-5,12-14,32-33H2,1H3,(H,36,42)(H,37,41)(H,38,39)/b11-6+,35-17-/t22-/m0/s1. The predicted molar refractivity (Wildman–Crippen MR) is 174 cm³/mol. The van der Waals surface area contributed by atoms with Crippen molar-refractivity contribution in [1.29, 1.82) is 0 Å². The number of hydrazone groups is 1. The topological polar surface area (TPSA) is 185 Å². The molecule has 3 aromatic rings. The van der Waals surface area contributed by atoms with Crippen molar-refractivity contribution in [3.8, 4) is 11.3 Å². The van der Waals surface area contributed by atoms with Crippen LogP contribution in [0.25, 0.3) is 17.3 Å². The van der Waals surface area contributed by atoms with Crippen LogP contribution in [-0.4, -0.2) is 55.2 Å². The van der Waals surface area contributed by atoms with Crippen LogP contribution >= 0.6 is 23.2 Å². The lowest BCUT2D eigenvalue weighted by atomic mass is 10.1. The van der Waals surface area contributed by atoms with E-state index in [1.807, 2.05) is 6.07 Å². The van der Waals surface area contributed by atoms with E-state index < -0.39 is 12.1 Å². The number of rotatable bonds is 9. The molecule has 2 bridgehead atoms. The smallest absolute Gasteiger partial charge is 0.411 e. The Balaban J connectivity index is 1.55. The molecule has 13 nitrogen and oxygen atoms in total. The van der Waals surface area contributed by atoms with Crippen molar-refractivity contribution in [2.75, 3.05) is 42.5 Å². The van der Waals surface area contributed by atoms with E-state index in [1.165, 1.54) is 24.5 Å². The number of nitrogens with two attached hydrogens (primary N) is 2. The molecule has 0 aliphatic carbocycles. The zero-order valence-electron chi connectivity index (χ0n) is 24.1. The Kier molecular flexibility index (Phi) is 11.8. The molecule has 44 heavy (non-hydrogen) atoms. The van der Waals surface area contributed by atoms with E-state index in [-0.39, 0.29) is 12.5 Å². The van der Waals surface area contributed by atoms with E-state index in [0.717, 1.165) is 30.5 Å². The van der Waals surface area contributed by atoms with Gasteiger partial charge in [0.15, 0.2) is 0 Å². The third kappa shape index (κ3) is 8.86. The number of methoxy groups -OCH3 is 1. The van der Waals surface area contributed by atoms with Gasteiger partial charge in [0, 0.05) is 47.3 Å². The number of amides is 2. The van der Waals surface area contributed by atoms with Gasteiger partial charge in [-0.2, -0.15) is 5.10 Å². The number of hydrogen-bond donors (Lipinski definition) is 6. The number of aromatic amines is 1. The monoisotopic (exact) mass is 643 g/mol. The van der Waals surface area contributed by atoms with Gasteiger partial charge in [0.25, 0.3) is 0 Å². The molecule has 1 aromatic heterocycles. The van der Waals surface area contributed by atoms with Crippen molar-refractivity contribution >= 4 is 64.7 Å². The van der Waals surface area contributed by atoms with Crippen LogP contribution in [0, 0.1) is 0 Å². The first-order chi connectivity index (χ1) is 21.3. The molecular weight excluding hydrogens is 609 g/mol. The van der Waals surface area contributed by atoms with Gasteiger partial charge in [0.05, 0.1) is 18.3 Å². The summed E-state index contributed by atoms with van der Waals surface area (Å²) in [5.41, 5.74) is 3.69. The Bertz CT molecular complexity index is 1510. The van der Waals surface area contributed by atoms with Gasteiger partial charge in [0.2, 0.25) is 5.91 Å². The summed E-state index contributed by atoms with van der Waals surface area (Å²) in [6, 6.07) is 9.98. The lowest BCUT2D eigenvalue weighted by molar-refractivity contribution is -0.117. The van der Waals surface area contributed by atoms with Crippen LogP contribution in [0.1, 0.15) is 43.1 Å². The zero-order valence-corrected chi connectivity index (χ0v) is 25.6. The number of halogens is 2. The van der Waals surface area contributed by atoms with E-state index in [1.54, 1.807) is 36.4 Å². The lowest BCUT2D eigenvalue weighted by Crippen LogP contribution is -2.30. The number of hydrogen-bond acceptors (Lipinski definition) is 9. The fraction of sp³-hybridized carbons (Fsp3) is 0.310. The normalized spacial score (nSPS) is 15.1. The minimum atomic E-state index is -0.584. The molecule has 0 saturated heterocycles. The van der Waals surface area contributed by atoms with Crippen molar-refractivity contribution in [3.63, 3.8) is 0 Å². The number of fused-ring (bicyclic) bond motifs is 4. The molecule has 234 valence electrons. The second-order valence-corrected chi connectivity index (χ2v) is 10.7. The van der Waals surface area contributed by atoms with Gasteiger partial charge in [-0.1, -0.05) is 36.0 Å². The molecule has 1 aliphatic heterocycles. The number of nitrogens with zero attached hydrogens (tertiary/aromatic N) is 3. The molecular formula is C29H35Cl2N9O4. The first-order valence-electron chi connectivity index (χ1n) is 13.9. The number of H-pyrrole nitrogens is 1. The minimum Gasteiger partial charge on any atom is -0.447 e. The van der Waals surface area contributed by atoms with E-state index >= 15 is 0 Å². The molecule has 0 unspecified atom stereocenters. The van der Waals surface area contributed by atoms with Crippen molar-refractivity contribution in [2.24, 2.45) is 16.8 Å². The first kappa shape index (κ1) is 32.6. The number of carbonyl (C=O) groups is 2. The fourth-order valence-electron chi connectivity index (χ4n) is 4.62. The maximum Gasteiger partial charge on any atom is 0.411 e. The Morgan fingerprint density at radius 2 is 2.02 bits per heavy atom. The first-order valence-corrected chi connectivity index (χ1v) is 14.7. The molecule has 0 spiro atoms. The molecule has 2 aromatic carbocycles. The van der Waals surface area contributed by atoms with Crippen LogP contribution in [0.2, 0.25) is 10.2 Å². The number of hydrazine groups is 1. The molecule has 15 heteroatoms. The van der Waals surface area contributed by atoms with E-state index in [4.69, 9.17) is 49.3 Å². The number of benzene rings is 2. The number of nitrogens with one attached hydrogen (secondary N) is 4. The van der Waals surface area contributed by atoms with Gasteiger partial charge in [-0.3, -0.25) is 15.1 Å². The van der Waals surface area contributed by atoms with Crippen LogP contribution < -0.4 is 32.6 Å². The molecule has 2 heterocycles. The van der Waals surface area contributed by atoms with E-state index in [0.29, 0.717) is 58.2 Å². The average Bonchev–Trinajstić information content (AvgIpc) is 3.38. The summed E-state index contributed by atoms with van der Waals surface area (Å²) in [5, 5.41) is 14.7. The third-order valence-corrected chi connectivity index (χ3v) is 7.23. The van der Waals surface area contributed by atoms with Crippen LogP contribution in [0.5, 0.6) is 0 Å². The Hall–Kier alpha value is -4.30. The summed E-state index contributed by atoms with van der Waals surface area (Å²) in [6.45, 7) is 1.14. The Morgan fingerprint density at radius 3 is 2.82 bits per heavy atom. The summed E-state index contributed by atoms with van der Waals surface area (Å²) in [4.78, 5) is 33.2. The SMILES string of the molecule is COCCOC(=O)Nc1ccc2c(c1)NCCCCC[C@H](NC(=O)/C=C/c1cc(Cl)ccc1N(N)/C=N\N)c1nc-2c(Cl)[nH]1. The molecule has 0 saturated carbocycles. The largest absolute Gasteiger partial charge is 0.447 e.